The molecule has 0 spiro atoms. The molecule has 30 heavy (non-hydrogen) atoms. The van der Waals surface area contributed by atoms with Crippen molar-refractivity contribution in [3.63, 3.8) is 0 Å². The number of aliphatic imine (C=N–C) groups is 1. The molecule has 0 saturated carbocycles. The Morgan fingerprint density at radius 3 is 2.40 bits per heavy atom. The zero-order chi connectivity index (χ0) is 22.0. The van der Waals surface area contributed by atoms with Crippen LogP contribution in [0.1, 0.15) is 31.9 Å². The van der Waals surface area contributed by atoms with Gasteiger partial charge in [0, 0.05) is 25.7 Å². The van der Waals surface area contributed by atoms with Crippen molar-refractivity contribution in [1.82, 2.24) is 10.6 Å². The highest BCUT2D eigenvalue weighted by Gasteiger charge is 2.14. The summed E-state index contributed by atoms with van der Waals surface area (Å²) in [5.41, 5.74) is 7.04. The van der Waals surface area contributed by atoms with E-state index in [0.29, 0.717) is 12.3 Å². The summed E-state index contributed by atoms with van der Waals surface area (Å²) in [6.45, 7) is 7.32. The molecule has 0 aliphatic rings. The highest BCUT2D eigenvalue weighted by atomic mass is 16.5. The first-order valence-corrected chi connectivity index (χ1v) is 9.98. The van der Waals surface area contributed by atoms with E-state index in [1.807, 2.05) is 69.3 Å². The van der Waals surface area contributed by atoms with Gasteiger partial charge in [-0.3, -0.25) is 9.79 Å². The van der Waals surface area contributed by atoms with Crippen LogP contribution >= 0.6 is 0 Å². The van der Waals surface area contributed by atoms with Crippen molar-refractivity contribution >= 4 is 11.9 Å². The second-order valence-electron chi connectivity index (χ2n) is 7.82. The minimum absolute atomic E-state index is 0.118. The Labute approximate surface area is 178 Å². The van der Waals surface area contributed by atoms with Crippen molar-refractivity contribution in [3.05, 3.63) is 59.7 Å². The van der Waals surface area contributed by atoms with Gasteiger partial charge in [0.25, 0.3) is 5.91 Å². The molecule has 0 aliphatic carbocycles. The van der Waals surface area contributed by atoms with Crippen molar-refractivity contribution < 1.29 is 14.3 Å². The van der Waals surface area contributed by atoms with Crippen LogP contribution < -0.4 is 25.8 Å². The molecule has 7 nitrogen and oxygen atoms in total. The van der Waals surface area contributed by atoms with Crippen molar-refractivity contribution in [2.45, 2.75) is 39.3 Å². The van der Waals surface area contributed by atoms with Gasteiger partial charge in [-0.25, -0.2) is 0 Å². The molecule has 0 aliphatic heterocycles. The van der Waals surface area contributed by atoms with E-state index in [1.54, 1.807) is 7.05 Å². The lowest BCUT2D eigenvalue weighted by Gasteiger charge is -2.23. The van der Waals surface area contributed by atoms with Crippen LogP contribution in [0.25, 0.3) is 0 Å². The Morgan fingerprint density at radius 1 is 1.07 bits per heavy atom. The summed E-state index contributed by atoms with van der Waals surface area (Å²) in [6, 6.07) is 15.6. The first-order valence-electron chi connectivity index (χ1n) is 9.98. The summed E-state index contributed by atoms with van der Waals surface area (Å²) in [7, 11) is 1.75. The number of nitrogens with one attached hydrogen (secondary N) is 2. The molecule has 0 radical (unpaired) electrons. The Morgan fingerprint density at radius 2 is 1.77 bits per heavy atom. The lowest BCUT2D eigenvalue weighted by molar-refractivity contribution is -0.119. The Kier molecular flexibility index (Phi) is 8.53. The predicted octanol–water partition coefficient (Wildman–Crippen LogP) is 2.64. The van der Waals surface area contributed by atoms with Crippen LogP contribution in [0, 0.1) is 0 Å². The summed E-state index contributed by atoms with van der Waals surface area (Å²) in [5, 5.41) is 6.65. The predicted molar refractivity (Wildman–Crippen MR) is 120 cm³/mol. The minimum atomic E-state index is -0.491. The molecule has 2 rings (SSSR count). The molecule has 0 unspecified atom stereocenters. The average molecular weight is 413 g/mol. The lowest BCUT2D eigenvalue weighted by Crippen LogP contribution is -2.38. The first-order chi connectivity index (χ1) is 14.3. The summed E-state index contributed by atoms with van der Waals surface area (Å²) >= 11 is 0. The molecule has 4 N–H and O–H groups in total. The lowest BCUT2D eigenvalue weighted by atomic mass is 10.1. The summed E-state index contributed by atoms with van der Waals surface area (Å²) < 4.78 is 11.3. The van der Waals surface area contributed by atoms with Gasteiger partial charge in [0.05, 0.1) is 0 Å². The number of hydrogen-bond acceptors (Lipinski definition) is 4. The molecular weight excluding hydrogens is 380 g/mol. The number of ether oxygens (including phenoxy) is 2. The first kappa shape index (κ1) is 23.1. The van der Waals surface area contributed by atoms with Gasteiger partial charge < -0.3 is 25.8 Å². The summed E-state index contributed by atoms with van der Waals surface area (Å²) in [5.74, 6) is 1.72. The van der Waals surface area contributed by atoms with Gasteiger partial charge in [0.1, 0.15) is 17.1 Å². The number of rotatable bonds is 9. The second-order valence-corrected chi connectivity index (χ2v) is 7.82. The average Bonchev–Trinajstić information content (AvgIpc) is 2.69. The quantitative estimate of drug-likeness (QED) is 0.434. The largest absolute Gasteiger partial charge is 0.488 e. The van der Waals surface area contributed by atoms with Gasteiger partial charge in [0.2, 0.25) is 0 Å². The van der Waals surface area contributed by atoms with E-state index >= 15 is 0 Å². The van der Waals surface area contributed by atoms with E-state index in [0.717, 1.165) is 35.8 Å². The molecule has 7 heteroatoms. The van der Waals surface area contributed by atoms with E-state index in [-0.39, 0.29) is 12.2 Å². The molecule has 2 aromatic rings. The third-order valence-corrected chi connectivity index (χ3v) is 4.07. The SMILES string of the molecule is CN=C(NCCc1ccc(OCC(N)=O)cc1)NCc1ccccc1OC(C)(C)C. The van der Waals surface area contributed by atoms with Crippen molar-refractivity contribution in [2.75, 3.05) is 20.2 Å². The second kappa shape index (κ2) is 11.1. The van der Waals surface area contributed by atoms with Crippen molar-refractivity contribution in [2.24, 2.45) is 10.7 Å². The number of nitrogens with zero attached hydrogens (tertiary/aromatic N) is 1. The number of guanidine groups is 1. The number of carbonyl (C=O) groups is 1. The van der Waals surface area contributed by atoms with E-state index in [9.17, 15) is 4.79 Å². The van der Waals surface area contributed by atoms with Crippen LogP contribution in [0.5, 0.6) is 11.5 Å². The van der Waals surface area contributed by atoms with Crippen LogP contribution in [0.4, 0.5) is 0 Å². The summed E-state index contributed by atoms with van der Waals surface area (Å²) in [4.78, 5) is 15.0. The van der Waals surface area contributed by atoms with E-state index in [1.165, 1.54) is 0 Å². The number of nitrogens with two attached hydrogens (primary N) is 1. The molecule has 162 valence electrons. The number of benzene rings is 2. The number of carbonyl (C=O) groups excluding carboxylic acids is 1. The van der Waals surface area contributed by atoms with Gasteiger partial charge >= 0.3 is 0 Å². The molecule has 0 aromatic heterocycles. The van der Waals surface area contributed by atoms with Crippen LogP contribution in [-0.2, 0) is 17.8 Å². The smallest absolute Gasteiger partial charge is 0.255 e. The highest BCUT2D eigenvalue weighted by Crippen LogP contribution is 2.22. The fraction of sp³-hybridized carbons (Fsp3) is 0.391. The molecule has 1 amide bonds. The van der Waals surface area contributed by atoms with Crippen LogP contribution in [-0.4, -0.2) is 37.7 Å². The molecular formula is C23H32N4O3. The van der Waals surface area contributed by atoms with Gasteiger partial charge in [-0.1, -0.05) is 30.3 Å². The van der Waals surface area contributed by atoms with E-state index in [2.05, 4.69) is 15.6 Å². The van der Waals surface area contributed by atoms with E-state index < -0.39 is 5.91 Å². The van der Waals surface area contributed by atoms with Crippen LogP contribution in [0.3, 0.4) is 0 Å². The minimum Gasteiger partial charge on any atom is -0.488 e. The zero-order valence-electron chi connectivity index (χ0n) is 18.2. The van der Waals surface area contributed by atoms with Crippen LogP contribution in [0.15, 0.2) is 53.5 Å². The summed E-state index contributed by atoms with van der Waals surface area (Å²) in [6.07, 6.45) is 0.820. The van der Waals surface area contributed by atoms with Gasteiger partial charge in [-0.05, 0) is 51.0 Å². The molecule has 0 saturated heterocycles. The molecule has 0 atom stereocenters. The van der Waals surface area contributed by atoms with Gasteiger partial charge in [-0.2, -0.15) is 0 Å². The molecule has 0 bridgehead atoms. The highest BCUT2D eigenvalue weighted by molar-refractivity contribution is 5.79. The fourth-order valence-corrected chi connectivity index (χ4v) is 2.71. The molecule has 0 heterocycles. The fourth-order valence-electron chi connectivity index (χ4n) is 2.71. The third-order valence-electron chi connectivity index (χ3n) is 4.07. The Balaban J connectivity index is 1.81. The number of primary amides is 1. The maximum Gasteiger partial charge on any atom is 0.255 e. The van der Waals surface area contributed by atoms with Gasteiger partial charge in [-0.15, -0.1) is 0 Å². The topological polar surface area (TPSA) is 98.0 Å². The monoisotopic (exact) mass is 412 g/mol. The van der Waals surface area contributed by atoms with Crippen molar-refractivity contribution in [3.8, 4) is 11.5 Å². The molecule has 0 fully saturated rings. The maximum atomic E-state index is 10.8. The maximum absolute atomic E-state index is 10.8. The molecule has 2 aromatic carbocycles. The number of amides is 1. The standard InChI is InChI=1S/C23H32N4O3/c1-23(2,3)30-20-8-6-5-7-18(20)15-27-22(25-4)26-14-13-17-9-11-19(12-10-17)29-16-21(24)28/h5-12H,13-16H2,1-4H3,(H2,24,28)(H2,25,26,27). The third kappa shape index (κ3) is 8.43. The van der Waals surface area contributed by atoms with E-state index in [4.69, 9.17) is 15.2 Å². The van der Waals surface area contributed by atoms with Crippen LogP contribution in [0.2, 0.25) is 0 Å². The number of para-hydroxylation sites is 1. The van der Waals surface area contributed by atoms with Gasteiger partial charge in [0.15, 0.2) is 12.6 Å². The number of hydrogen-bond donors (Lipinski definition) is 3. The zero-order valence-corrected chi connectivity index (χ0v) is 18.2. The Hall–Kier alpha value is -3.22. The van der Waals surface area contributed by atoms with Crippen molar-refractivity contribution in [1.29, 1.82) is 0 Å². The Bertz CT molecular complexity index is 842. The normalized spacial score (nSPS) is 11.7.